The molecule has 1 rings (SSSR count). The summed E-state index contributed by atoms with van der Waals surface area (Å²) in [6.45, 7) is 7.31. The highest BCUT2D eigenvalue weighted by Gasteiger charge is 2.28. The van der Waals surface area contributed by atoms with Gasteiger partial charge in [-0.25, -0.2) is 0 Å². The first kappa shape index (κ1) is 10.4. The van der Waals surface area contributed by atoms with E-state index in [1.165, 1.54) is 0 Å². The predicted molar refractivity (Wildman–Crippen MR) is 50.4 cm³/mol. The highest BCUT2D eigenvalue weighted by Crippen LogP contribution is 2.07. The molecule has 0 saturated carbocycles. The monoisotopic (exact) mass is 187 g/mol. The molecule has 13 heavy (non-hydrogen) atoms. The molecule has 76 valence electrons. The summed E-state index contributed by atoms with van der Waals surface area (Å²) in [5, 5.41) is 13.8. The summed E-state index contributed by atoms with van der Waals surface area (Å²) < 4.78 is 0. The van der Waals surface area contributed by atoms with Crippen LogP contribution >= 0.6 is 0 Å². The zero-order valence-electron chi connectivity index (χ0n) is 8.19. The van der Waals surface area contributed by atoms with Crippen molar-refractivity contribution in [2.45, 2.75) is 25.9 Å². The van der Waals surface area contributed by atoms with Crippen LogP contribution in [-0.4, -0.2) is 48.1 Å². The van der Waals surface area contributed by atoms with Gasteiger partial charge in [-0.3, -0.25) is 15.0 Å². The predicted octanol–water partition coefficient (Wildman–Crippen LogP) is -0.0547. The molecule has 1 saturated heterocycles. The molecular formula is C8H17N3O2. The minimum atomic E-state index is -0.474. The highest BCUT2D eigenvalue weighted by molar-refractivity contribution is 4.76. The summed E-state index contributed by atoms with van der Waals surface area (Å²) in [6.07, 6.45) is 0. The van der Waals surface area contributed by atoms with Crippen molar-refractivity contribution in [1.29, 1.82) is 0 Å². The molecule has 1 unspecified atom stereocenters. The lowest BCUT2D eigenvalue weighted by Crippen LogP contribution is -2.52. The van der Waals surface area contributed by atoms with Gasteiger partial charge in [0.1, 0.15) is 0 Å². The fraction of sp³-hybridized carbons (Fsp3) is 1.00. The van der Waals surface area contributed by atoms with Crippen molar-refractivity contribution in [3.8, 4) is 0 Å². The topological polar surface area (TPSA) is 58.4 Å². The van der Waals surface area contributed by atoms with Crippen LogP contribution in [0.25, 0.3) is 0 Å². The highest BCUT2D eigenvalue weighted by atomic mass is 16.6. The minimum absolute atomic E-state index is 0.0390. The number of hydrogen-bond acceptors (Lipinski definition) is 4. The Labute approximate surface area is 78.3 Å². The van der Waals surface area contributed by atoms with E-state index in [9.17, 15) is 10.1 Å². The third-order valence-corrected chi connectivity index (χ3v) is 2.76. The van der Waals surface area contributed by atoms with Gasteiger partial charge < -0.3 is 5.32 Å². The van der Waals surface area contributed by atoms with Crippen molar-refractivity contribution in [3.05, 3.63) is 10.1 Å². The van der Waals surface area contributed by atoms with Crippen LogP contribution in [0.3, 0.4) is 0 Å². The van der Waals surface area contributed by atoms with Gasteiger partial charge in [0.25, 0.3) is 0 Å². The van der Waals surface area contributed by atoms with Crippen LogP contribution in [0.2, 0.25) is 0 Å². The van der Waals surface area contributed by atoms with E-state index in [2.05, 4.69) is 10.2 Å². The Morgan fingerprint density at radius 1 is 1.38 bits per heavy atom. The average Bonchev–Trinajstić information content (AvgIpc) is 2.17. The smallest absolute Gasteiger partial charge is 0.225 e. The molecule has 0 aromatic rings. The maximum Gasteiger partial charge on any atom is 0.225 e. The lowest BCUT2D eigenvalue weighted by atomic mass is 10.1. The van der Waals surface area contributed by atoms with Crippen molar-refractivity contribution in [2.75, 3.05) is 26.2 Å². The summed E-state index contributed by atoms with van der Waals surface area (Å²) in [5.41, 5.74) is 0. The van der Waals surface area contributed by atoms with Crippen LogP contribution in [0.5, 0.6) is 0 Å². The molecule has 1 aliphatic rings. The number of piperazine rings is 1. The summed E-state index contributed by atoms with van der Waals surface area (Å²) in [5.74, 6) is 0. The van der Waals surface area contributed by atoms with Crippen molar-refractivity contribution in [3.63, 3.8) is 0 Å². The molecule has 0 spiro atoms. The van der Waals surface area contributed by atoms with E-state index in [-0.39, 0.29) is 11.0 Å². The average molecular weight is 187 g/mol. The third-order valence-electron chi connectivity index (χ3n) is 2.76. The fourth-order valence-corrected chi connectivity index (χ4v) is 1.57. The van der Waals surface area contributed by atoms with Gasteiger partial charge in [-0.2, -0.15) is 0 Å². The zero-order valence-corrected chi connectivity index (χ0v) is 8.19. The lowest BCUT2D eigenvalue weighted by molar-refractivity contribution is -0.525. The molecule has 0 amide bonds. The summed E-state index contributed by atoms with van der Waals surface area (Å²) in [6, 6.07) is -0.435. The van der Waals surface area contributed by atoms with Gasteiger partial charge in [0.15, 0.2) is 0 Å². The number of rotatable bonds is 3. The molecular weight excluding hydrogens is 170 g/mol. The van der Waals surface area contributed by atoms with Gasteiger partial charge in [-0.05, 0) is 6.92 Å². The molecule has 2 atom stereocenters. The van der Waals surface area contributed by atoms with E-state index in [1.807, 2.05) is 6.92 Å². The van der Waals surface area contributed by atoms with Gasteiger partial charge in [-0.15, -0.1) is 0 Å². The van der Waals surface area contributed by atoms with E-state index >= 15 is 0 Å². The molecule has 0 radical (unpaired) electrons. The van der Waals surface area contributed by atoms with E-state index < -0.39 is 6.04 Å². The molecule has 1 N–H and O–H groups in total. The molecule has 0 aliphatic carbocycles. The van der Waals surface area contributed by atoms with Gasteiger partial charge in [0.2, 0.25) is 6.04 Å². The quantitative estimate of drug-likeness (QED) is 0.497. The molecule has 1 heterocycles. The van der Waals surface area contributed by atoms with Crippen molar-refractivity contribution in [2.24, 2.45) is 0 Å². The van der Waals surface area contributed by atoms with Crippen LogP contribution in [0, 0.1) is 10.1 Å². The van der Waals surface area contributed by atoms with Gasteiger partial charge in [0, 0.05) is 38.0 Å². The van der Waals surface area contributed by atoms with Gasteiger partial charge >= 0.3 is 0 Å². The molecule has 0 aromatic heterocycles. The Bertz CT molecular complexity index is 180. The third kappa shape index (κ3) is 2.63. The maximum absolute atomic E-state index is 10.5. The number of nitrogens with zero attached hydrogens (tertiary/aromatic N) is 2. The van der Waals surface area contributed by atoms with E-state index in [0.717, 1.165) is 26.2 Å². The second-order valence-electron chi connectivity index (χ2n) is 3.55. The Balaban J connectivity index is 2.44. The molecule has 0 aromatic carbocycles. The van der Waals surface area contributed by atoms with E-state index in [0.29, 0.717) is 0 Å². The zero-order chi connectivity index (χ0) is 9.84. The number of hydrogen-bond donors (Lipinski definition) is 1. The van der Waals surface area contributed by atoms with Crippen molar-refractivity contribution < 1.29 is 4.92 Å². The SMILES string of the molecule is CC([C@H](C)N1CCNCC1)[N+](=O)[O-]. The molecule has 5 nitrogen and oxygen atoms in total. The number of nitro groups is 1. The molecule has 0 bridgehead atoms. The van der Waals surface area contributed by atoms with Crippen molar-refractivity contribution >= 4 is 0 Å². The van der Waals surface area contributed by atoms with Crippen LogP contribution < -0.4 is 5.32 Å². The maximum atomic E-state index is 10.5. The first-order valence-corrected chi connectivity index (χ1v) is 4.71. The molecule has 1 aliphatic heterocycles. The Hall–Kier alpha value is -0.680. The van der Waals surface area contributed by atoms with Crippen molar-refractivity contribution in [1.82, 2.24) is 10.2 Å². The van der Waals surface area contributed by atoms with Gasteiger partial charge in [-0.1, -0.05) is 0 Å². The summed E-state index contributed by atoms with van der Waals surface area (Å²) >= 11 is 0. The second-order valence-corrected chi connectivity index (χ2v) is 3.55. The van der Waals surface area contributed by atoms with Crippen LogP contribution in [0.15, 0.2) is 0 Å². The normalized spacial score (nSPS) is 23.8. The first-order valence-electron chi connectivity index (χ1n) is 4.71. The van der Waals surface area contributed by atoms with Crippen LogP contribution in [-0.2, 0) is 0 Å². The fourth-order valence-electron chi connectivity index (χ4n) is 1.57. The Morgan fingerprint density at radius 2 is 1.92 bits per heavy atom. The first-order chi connectivity index (χ1) is 6.13. The molecule has 5 heteroatoms. The van der Waals surface area contributed by atoms with E-state index in [1.54, 1.807) is 6.92 Å². The summed E-state index contributed by atoms with van der Waals surface area (Å²) in [7, 11) is 0. The summed E-state index contributed by atoms with van der Waals surface area (Å²) in [4.78, 5) is 12.5. The van der Waals surface area contributed by atoms with Gasteiger partial charge in [0.05, 0.1) is 6.04 Å². The molecule has 1 fully saturated rings. The standard InChI is InChI=1S/C8H17N3O2/c1-7(8(2)11(12)13)10-5-3-9-4-6-10/h7-9H,3-6H2,1-2H3/t7-,8?/m0/s1. The lowest BCUT2D eigenvalue weighted by Gasteiger charge is -2.32. The van der Waals surface area contributed by atoms with Crippen LogP contribution in [0.4, 0.5) is 0 Å². The van der Waals surface area contributed by atoms with E-state index in [4.69, 9.17) is 0 Å². The number of nitrogens with one attached hydrogen (secondary N) is 1. The Morgan fingerprint density at radius 3 is 2.38 bits per heavy atom. The van der Waals surface area contributed by atoms with Crippen LogP contribution in [0.1, 0.15) is 13.8 Å². The Kier molecular flexibility index (Phi) is 3.62. The largest absolute Gasteiger partial charge is 0.314 e. The minimum Gasteiger partial charge on any atom is -0.314 e. The second kappa shape index (κ2) is 4.53.